The van der Waals surface area contributed by atoms with Crippen molar-refractivity contribution >= 4 is 23.2 Å². The molecular weight excluding hydrogens is 394 g/mol. The molecule has 0 unspecified atom stereocenters. The molecule has 1 atom stereocenters. The molecule has 0 fully saturated rings. The van der Waals surface area contributed by atoms with E-state index in [1.54, 1.807) is 0 Å². The van der Waals surface area contributed by atoms with Crippen molar-refractivity contribution in [3.63, 3.8) is 0 Å². The molecule has 4 nitrogen and oxygen atoms in total. The summed E-state index contributed by atoms with van der Waals surface area (Å²) in [5.41, 5.74) is 8.83. The molecule has 5 rings (SSSR count). The van der Waals surface area contributed by atoms with Crippen LogP contribution in [0.2, 0.25) is 5.02 Å². The van der Waals surface area contributed by atoms with E-state index in [1.165, 1.54) is 16.7 Å². The maximum absolute atomic E-state index is 12.9. The van der Waals surface area contributed by atoms with E-state index < -0.39 is 0 Å². The first-order valence-electron chi connectivity index (χ1n) is 10.2. The van der Waals surface area contributed by atoms with Crippen molar-refractivity contribution in [2.24, 2.45) is 4.99 Å². The number of rotatable bonds is 3. The molecule has 0 spiro atoms. The van der Waals surface area contributed by atoms with Gasteiger partial charge < -0.3 is 4.90 Å². The van der Waals surface area contributed by atoms with Gasteiger partial charge in [0.15, 0.2) is 0 Å². The van der Waals surface area contributed by atoms with Crippen LogP contribution >= 0.6 is 11.6 Å². The third-order valence-corrected chi connectivity index (χ3v) is 6.29. The van der Waals surface area contributed by atoms with E-state index in [2.05, 4.69) is 30.1 Å². The molecule has 2 aliphatic rings. The minimum absolute atomic E-state index is 0.0337. The Labute approximate surface area is 181 Å². The zero-order valence-corrected chi connectivity index (χ0v) is 17.8. The van der Waals surface area contributed by atoms with Crippen LogP contribution in [0.15, 0.2) is 59.7 Å². The molecule has 0 radical (unpaired) electrons. The summed E-state index contributed by atoms with van der Waals surface area (Å²) < 4.78 is 0. The average molecular weight is 416 g/mol. The highest BCUT2D eigenvalue weighted by atomic mass is 35.5. The normalized spacial score (nSPS) is 16.2. The molecule has 2 aromatic carbocycles. The Hall–Kier alpha value is -2.98. The lowest BCUT2D eigenvalue weighted by molar-refractivity contribution is -0.134. The van der Waals surface area contributed by atoms with Gasteiger partial charge >= 0.3 is 0 Å². The minimum atomic E-state index is -0.0337. The number of fused-ring (bicyclic) bond motifs is 2. The summed E-state index contributed by atoms with van der Waals surface area (Å²) in [5, 5.41) is 0.690. The fourth-order valence-electron chi connectivity index (χ4n) is 4.43. The van der Waals surface area contributed by atoms with Crippen LogP contribution in [0, 0.1) is 6.92 Å². The average Bonchev–Trinajstić information content (AvgIpc) is 3.14. The number of carbonyl (C=O) groups is 1. The molecule has 0 N–H and O–H groups in total. The van der Waals surface area contributed by atoms with Crippen molar-refractivity contribution in [3.8, 4) is 0 Å². The molecule has 150 valence electrons. The second-order valence-electron chi connectivity index (χ2n) is 8.06. The van der Waals surface area contributed by atoms with Gasteiger partial charge in [-0.25, -0.2) is 0 Å². The lowest BCUT2D eigenvalue weighted by Gasteiger charge is -2.34. The molecule has 1 amide bonds. The predicted octanol–water partition coefficient (Wildman–Crippen LogP) is 5.04. The van der Waals surface area contributed by atoms with Crippen LogP contribution in [0.3, 0.4) is 0 Å². The van der Waals surface area contributed by atoms with Crippen LogP contribution in [-0.2, 0) is 24.3 Å². The molecular formula is C25H22ClN3O. The number of benzene rings is 2. The SMILES string of the molecule is Cc1cc(C2=NCc3cc4c(cc32)CN([C@@H](C)c2cccc(Cl)c2)C(=O)C4)ccn1. The molecule has 1 aromatic heterocycles. The Balaban J connectivity index is 1.49. The number of hydrogen-bond donors (Lipinski definition) is 0. The van der Waals surface area contributed by atoms with Gasteiger partial charge in [-0.3, -0.25) is 14.8 Å². The second kappa shape index (κ2) is 7.37. The van der Waals surface area contributed by atoms with Gasteiger partial charge in [-0.2, -0.15) is 0 Å². The maximum Gasteiger partial charge on any atom is 0.227 e. The summed E-state index contributed by atoms with van der Waals surface area (Å²) >= 11 is 6.17. The quantitative estimate of drug-likeness (QED) is 0.601. The van der Waals surface area contributed by atoms with Crippen molar-refractivity contribution in [3.05, 3.63) is 98.8 Å². The lowest BCUT2D eigenvalue weighted by Crippen LogP contribution is -2.38. The van der Waals surface area contributed by atoms with E-state index in [9.17, 15) is 4.79 Å². The molecule has 2 aliphatic heterocycles. The Morgan fingerprint density at radius 2 is 1.93 bits per heavy atom. The zero-order valence-electron chi connectivity index (χ0n) is 17.0. The van der Waals surface area contributed by atoms with Gasteiger partial charge in [0.25, 0.3) is 0 Å². The fraction of sp³-hybridized carbons (Fsp3) is 0.240. The van der Waals surface area contributed by atoms with E-state index in [1.807, 2.05) is 48.4 Å². The van der Waals surface area contributed by atoms with Crippen LogP contribution in [-0.4, -0.2) is 21.5 Å². The lowest BCUT2D eigenvalue weighted by atomic mass is 9.90. The zero-order chi connectivity index (χ0) is 20.8. The number of halogens is 1. The summed E-state index contributed by atoms with van der Waals surface area (Å²) in [7, 11) is 0. The predicted molar refractivity (Wildman–Crippen MR) is 119 cm³/mol. The number of pyridine rings is 1. The van der Waals surface area contributed by atoms with Crippen LogP contribution in [0.25, 0.3) is 0 Å². The summed E-state index contributed by atoms with van der Waals surface area (Å²) in [6.45, 7) is 5.32. The van der Waals surface area contributed by atoms with Crippen molar-refractivity contribution in [1.29, 1.82) is 0 Å². The largest absolute Gasteiger partial charge is 0.331 e. The van der Waals surface area contributed by atoms with Gasteiger partial charge in [0.05, 0.1) is 24.7 Å². The van der Waals surface area contributed by atoms with Gasteiger partial charge in [-0.1, -0.05) is 29.8 Å². The number of aromatic nitrogens is 1. The molecule has 0 saturated heterocycles. The molecule has 0 aliphatic carbocycles. The molecule has 3 aromatic rings. The first-order valence-corrected chi connectivity index (χ1v) is 10.5. The van der Waals surface area contributed by atoms with Crippen LogP contribution in [0.4, 0.5) is 0 Å². The Bertz CT molecular complexity index is 1200. The van der Waals surface area contributed by atoms with E-state index in [0.717, 1.165) is 28.1 Å². The fourth-order valence-corrected chi connectivity index (χ4v) is 4.63. The summed E-state index contributed by atoms with van der Waals surface area (Å²) in [6.07, 6.45) is 2.26. The Kier molecular flexibility index (Phi) is 4.67. The number of aliphatic imine (C=N–C) groups is 1. The van der Waals surface area contributed by atoms with E-state index >= 15 is 0 Å². The second-order valence-corrected chi connectivity index (χ2v) is 8.49. The van der Waals surface area contributed by atoms with Crippen LogP contribution in [0.5, 0.6) is 0 Å². The van der Waals surface area contributed by atoms with Crippen molar-refractivity contribution < 1.29 is 4.79 Å². The van der Waals surface area contributed by atoms with Gasteiger partial charge in [0.2, 0.25) is 5.91 Å². The minimum Gasteiger partial charge on any atom is -0.331 e. The summed E-state index contributed by atoms with van der Waals surface area (Å²) in [6, 6.07) is 16.2. The van der Waals surface area contributed by atoms with Crippen LogP contribution in [0.1, 0.15) is 52.0 Å². The first-order chi connectivity index (χ1) is 14.5. The number of carbonyl (C=O) groups excluding carboxylic acids is 1. The standard InChI is InChI=1S/C25H22ClN3O/c1-15-8-18(6-7-27-15)25-23-11-21-14-29(16(2)17-4-3-5-22(26)10-17)24(30)12-19(21)9-20(23)13-28-25/h3-11,16H,12-14H2,1-2H3/t16-/m0/s1. The Morgan fingerprint density at radius 3 is 2.73 bits per heavy atom. The maximum atomic E-state index is 12.9. The van der Waals surface area contributed by atoms with E-state index in [4.69, 9.17) is 16.6 Å². The molecule has 30 heavy (non-hydrogen) atoms. The third kappa shape index (κ3) is 3.31. The number of hydrogen-bond acceptors (Lipinski definition) is 3. The highest BCUT2D eigenvalue weighted by Crippen LogP contribution is 2.33. The van der Waals surface area contributed by atoms with E-state index in [-0.39, 0.29) is 11.9 Å². The Morgan fingerprint density at radius 1 is 1.07 bits per heavy atom. The van der Waals surface area contributed by atoms with Crippen LogP contribution < -0.4 is 0 Å². The number of aryl methyl sites for hydroxylation is 1. The van der Waals surface area contributed by atoms with Gasteiger partial charge in [-0.05, 0) is 66.4 Å². The molecule has 5 heteroatoms. The summed E-state index contributed by atoms with van der Waals surface area (Å²) in [4.78, 5) is 24.0. The number of amides is 1. The smallest absolute Gasteiger partial charge is 0.227 e. The number of nitrogens with zero attached hydrogens (tertiary/aromatic N) is 3. The highest BCUT2D eigenvalue weighted by Gasteiger charge is 2.30. The van der Waals surface area contributed by atoms with Gasteiger partial charge in [0.1, 0.15) is 0 Å². The summed E-state index contributed by atoms with van der Waals surface area (Å²) in [5.74, 6) is 0.152. The molecule has 0 bridgehead atoms. The first kappa shape index (κ1) is 19.0. The molecule has 3 heterocycles. The van der Waals surface area contributed by atoms with Crippen molar-refractivity contribution in [2.75, 3.05) is 0 Å². The highest BCUT2D eigenvalue weighted by molar-refractivity contribution is 6.30. The van der Waals surface area contributed by atoms with Crippen molar-refractivity contribution in [1.82, 2.24) is 9.88 Å². The van der Waals surface area contributed by atoms with Crippen molar-refractivity contribution in [2.45, 2.75) is 39.4 Å². The molecule has 0 saturated carbocycles. The van der Waals surface area contributed by atoms with E-state index in [0.29, 0.717) is 24.5 Å². The monoisotopic (exact) mass is 415 g/mol. The van der Waals surface area contributed by atoms with Gasteiger partial charge in [-0.15, -0.1) is 0 Å². The third-order valence-electron chi connectivity index (χ3n) is 6.06. The van der Waals surface area contributed by atoms with Gasteiger partial charge in [0, 0.05) is 34.6 Å². The topological polar surface area (TPSA) is 45.6 Å².